The van der Waals surface area contributed by atoms with Crippen molar-refractivity contribution in [1.29, 1.82) is 0 Å². The molecule has 0 saturated carbocycles. The molecule has 3 N–H and O–H groups in total. The maximum absolute atomic E-state index is 11.2. The van der Waals surface area contributed by atoms with Crippen LogP contribution in [0.2, 0.25) is 0 Å². The van der Waals surface area contributed by atoms with Crippen molar-refractivity contribution >= 4 is 0 Å². The zero-order valence-electron chi connectivity index (χ0n) is 9.92. The number of H-pyrrole nitrogens is 1. The van der Waals surface area contributed by atoms with Crippen molar-refractivity contribution in [1.82, 2.24) is 15.1 Å². The molecule has 7 nitrogen and oxygen atoms in total. The smallest absolute Gasteiger partial charge is 0.274 e. The molecular weight excluding hydrogens is 236 g/mol. The van der Waals surface area contributed by atoms with E-state index in [0.29, 0.717) is 24.7 Å². The first-order valence-corrected chi connectivity index (χ1v) is 5.57. The fourth-order valence-electron chi connectivity index (χ4n) is 1.39. The second kappa shape index (κ2) is 5.56. The number of nitrogens with one attached hydrogen (secondary N) is 1. The molecule has 18 heavy (non-hydrogen) atoms. The Bertz CT molecular complexity index is 563. The van der Waals surface area contributed by atoms with Crippen molar-refractivity contribution < 1.29 is 9.26 Å². The summed E-state index contributed by atoms with van der Waals surface area (Å²) in [5.74, 6) is 0.581. The van der Waals surface area contributed by atoms with Gasteiger partial charge in [-0.1, -0.05) is 11.2 Å². The van der Waals surface area contributed by atoms with Crippen molar-refractivity contribution in [2.24, 2.45) is 5.73 Å². The first kappa shape index (κ1) is 12.5. The summed E-state index contributed by atoms with van der Waals surface area (Å²) in [4.78, 5) is 17.9. The van der Waals surface area contributed by atoms with Gasteiger partial charge in [0.05, 0.1) is 12.6 Å². The number of pyridine rings is 1. The molecule has 0 aliphatic carbocycles. The summed E-state index contributed by atoms with van der Waals surface area (Å²) in [5.41, 5.74) is 6.05. The Labute approximate surface area is 103 Å². The van der Waals surface area contributed by atoms with Crippen LogP contribution in [-0.4, -0.2) is 28.3 Å². The van der Waals surface area contributed by atoms with Crippen LogP contribution < -0.4 is 11.3 Å². The average molecular weight is 250 g/mol. The van der Waals surface area contributed by atoms with Crippen LogP contribution in [0.4, 0.5) is 0 Å². The lowest BCUT2D eigenvalue weighted by Crippen LogP contribution is -2.18. The fourth-order valence-corrected chi connectivity index (χ4v) is 1.39. The zero-order chi connectivity index (χ0) is 13.0. The molecule has 2 rings (SSSR count). The first-order valence-electron chi connectivity index (χ1n) is 5.57. The van der Waals surface area contributed by atoms with Gasteiger partial charge < -0.3 is 20.0 Å². The van der Waals surface area contributed by atoms with Crippen molar-refractivity contribution in [2.45, 2.75) is 13.0 Å². The normalized spacial score (nSPS) is 12.6. The molecule has 0 fully saturated rings. The summed E-state index contributed by atoms with van der Waals surface area (Å²) in [6.45, 7) is 2.77. The largest absolute Gasteiger partial charge is 0.380 e. The summed E-state index contributed by atoms with van der Waals surface area (Å²) in [5, 5.41) is 3.76. The standard InChI is InChI=1S/C11H14N4O3/c1-2-17-6-7(12)10-14-11(18-15-10)8-4-3-5-9(16)13-8/h3-5,7H,2,6,12H2,1H3,(H,13,16). The molecule has 2 aromatic heterocycles. The van der Waals surface area contributed by atoms with Crippen LogP contribution >= 0.6 is 0 Å². The van der Waals surface area contributed by atoms with Crippen LogP contribution in [0.5, 0.6) is 0 Å². The van der Waals surface area contributed by atoms with Crippen molar-refractivity contribution in [3.05, 3.63) is 34.4 Å². The predicted octanol–water partition coefficient (Wildman–Crippen LogP) is 0.461. The van der Waals surface area contributed by atoms with E-state index in [0.717, 1.165) is 0 Å². The Kier molecular flexibility index (Phi) is 3.85. The lowest BCUT2D eigenvalue weighted by molar-refractivity contribution is 0.130. The molecule has 96 valence electrons. The van der Waals surface area contributed by atoms with Crippen LogP contribution in [0.1, 0.15) is 18.8 Å². The Balaban J connectivity index is 2.17. The highest BCUT2D eigenvalue weighted by atomic mass is 16.5. The molecule has 2 aromatic rings. The number of aromatic amines is 1. The van der Waals surface area contributed by atoms with Gasteiger partial charge >= 0.3 is 0 Å². The minimum Gasteiger partial charge on any atom is -0.380 e. The molecule has 2 heterocycles. The molecule has 0 aliphatic heterocycles. The van der Waals surface area contributed by atoms with Crippen LogP contribution in [0.3, 0.4) is 0 Å². The van der Waals surface area contributed by atoms with Crippen molar-refractivity contribution in [3.8, 4) is 11.6 Å². The van der Waals surface area contributed by atoms with E-state index < -0.39 is 6.04 Å². The summed E-state index contributed by atoms with van der Waals surface area (Å²) in [6, 6.07) is 4.24. The molecule has 0 aliphatic rings. The third-order valence-corrected chi connectivity index (χ3v) is 2.27. The summed E-state index contributed by atoms with van der Waals surface area (Å²) < 4.78 is 10.2. The van der Waals surface area contributed by atoms with Crippen molar-refractivity contribution in [3.63, 3.8) is 0 Å². The van der Waals surface area contributed by atoms with Gasteiger partial charge in [-0.2, -0.15) is 4.98 Å². The van der Waals surface area contributed by atoms with Gasteiger partial charge in [-0.25, -0.2) is 0 Å². The third-order valence-electron chi connectivity index (χ3n) is 2.27. The van der Waals surface area contributed by atoms with E-state index in [1.165, 1.54) is 6.07 Å². The minimum atomic E-state index is -0.446. The van der Waals surface area contributed by atoms with Crippen LogP contribution in [0.25, 0.3) is 11.6 Å². The molecule has 0 aromatic carbocycles. The fraction of sp³-hybridized carbons (Fsp3) is 0.364. The number of aromatic nitrogens is 3. The molecular formula is C11H14N4O3. The highest BCUT2D eigenvalue weighted by Gasteiger charge is 2.15. The van der Waals surface area contributed by atoms with Gasteiger partial charge in [-0.05, 0) is 13.0 Å². The van der Waals surface area contributed by atoms with Gasteiger partial charge in [-0.15, -0.1) is 0 Å². The van der Waals surface area contributed by atoms with E-state index in [2.05, 4.69) is 15.1 Å². The molecule has 0 saturated heterocycles. The molecule has 0 spiro atoms. The summed E-state index contributed by atoms with van der Waals surface area (Å²) in [7, 11) is 0. The lowest BCUT2D eigenvalue weighted by Gasteiger charge is -2.05. The number of ether oxygens (including phenoxy) is 1. The van der Waals surface area contributed by atoms with E-state index in [1.807, 2.05) is 6.92 Å². The summed E-state index contributed by atoms with van der Waals surface area (Å²) >= 11 is 0. The summed E-state index contributed by atoms with van der Waals surface area (Å²) in [6.07, 6.45) is 0. The Morgan fingerprint density at radius 3 is 3.11 bits per heavy atom. The maximum Gasteiger partial charge on any atom is 0.274 e. The molecule has 0 radical (unpaired) electrons. The van der Waals surface area contributed by atoms with E-state index >= 15 is 0 Å². The number of nitrogens with zero attached hydrogens (tertiary/aromatic N) is 2. The maximum atomic E-state index is 11.2. The van der Waals surface area contributed by atoms with Crippen LogP contribution in [0, 0.1) is 0 Å². The second-order valence-electron chi connectivity index (χ2n) is 3.65. The molecule has 0 amide bonds. The Morgan fingerprint density at radius 2 is 2.39 bits per heavy atom. The number of hydrogen-bond donors (Lipinski definition) is 2. The van der Waals surface area contributed by atoms with E-state index in [4.69, 9.17) is 15.0 Å². The van der Waals surface area contributed by atoms with Gasteiger partial charge in [-0.3, -0.25) is 4.79 Å². The Hall–Kier alpha value is -1.99. The number of nitrogens with two attached hydrogens (primary N) is 1. The first-order chi connectivity index (χ1) is 8.70. The number of hydrogen-bond acceptors (Lipinski definition) is 6. The van der Waals surface area contributed by atoms with E-state index in [-0.39, 0.29) is 11.4 Å². The van der Waals surface area contributed by atoms with Gasteiger partial charge in [0.1, 0.15) is 5.69 Å². The molecule has 0 bridgehead atoms. The molecule has 1 unspecified atom stereocenters. The highest BCUT2D eigenvalue weighted by molar-refractivity contribution is 5.45. The minimum absolute atomic E-state index is 0.231. The Morgan fingerprint density at radius 1 is 1.56 bits per heavy atom. The van der Waals surface area contributed by atoms with E-state index in [1.54, 1.807) is 12.1 Å². The molecule has 7 heteroatoms. The van der Waals surface area contributed by atoms with Gasteiger partial charge in [0, 0.05) is 12.7 Å². The topological polar surface area (TPSA) is 107 Å². The predicted molar refractivity (Wildman–Crippen MR) is 63.8 cm³/mol. The van der Waals surface area contributed by atoms with Gasteiger partial charge in [0.15, 0.2) is 5.82 Å². The average Bonchev–Trinajstić information content (AvgIpc) is 2.85. The third kappa shape index (κ3) is 2.82. The zero-order valence-corrected chi connectivity index (χ0v) is 9.92. The number of rotatable bonds is 5. The van der Waals surface area contributed by atoms with E-state index in [9.17, 15) is 4.79 Å². The van der Waals surface area contributed by atoms with Crippen LogP contribution in [-0.2, 0) is 4.74 Å². The molecule has 1 atom stereocenters. The SMILES string of the molecule is CCOCC(N)c1noc(-c2cccc(=O)[nH]2)n1. The quantitative estimate of drug-likeness (QED) is 0.798. The van der Waals surface area contributed by atoms with Gasteiger partial charge in [0.25, 0.3) is 5.89 Å². The lowest BCUT2D eigenvalue weighted by atomic mass is 10.3. The highest BCUT2D eigenvalue weighted by Crippen LogP contribution is 2.15. The monoisotopic (exact) mass is 250 g/mol. The van der Waals surface area contributed by atoms with Gasteiger partial charge in [0.2, 0.25) is 5.56 Å². The second-order valence-corrected chi connectivity index (χ2v) is 3.65. The van der Waals surface area contributed by atoms with Crippen molar-refractivity contribution in [2.75, 3.05) is 13.2 Å². The van der Waals surface area contributed by atoms with Crippen LogP contribution in [0.15, 0.2) is 27.5 Å².